The minimum absolute atomic E-state index is 0.0620. The number of amides is 2. The molecule has 3 aromatic heterocycles. The Morgan fingerprint density at radius 1 is 1.05 bits per heavy atom. The van der Waals surface area contributed by atoms with Crippen molar-refractivity contribution in [3.63, 3.8) is 0 Å². The van der Waals surface area contributed by atoms with Crippen LogP contribution < -0.4 is 22.2 Å². The van der Waals surface area contributed by atoms with Gasteiger partial charge in [-0.15, -0.1) is 0 Å². The third-order valence-corrected chi connectivity index (χ3v) is 6.80. The number of hydrogen-bond donors (Lipinski definition) is 4. The number of carbonyl (C=O) groups excluding carboxylic acids is 2. The first-order valence-electron chi connectivity index (χ1n) is 12.3. The smallest absolute Gasteiger partial charge is 0.266 e. The molecule has 0 atom stereocenters. The fourth-order valence-electron chi connectivity index (χ4n) is 4.78. The number of aromatic nitrogens is 4. The van der Waals surface area contributed by atoms with Crippen molar-refractivity contribution in [3.05, 3.63) is 94.3 Å². The van der Waals surface area contributed by atoms with Crippen LogP contribution in [-0.4, -0.2) is 31.3 Å². The summed E-state index contributed by atoms with van der Waals surface area (Å²) in [4.78, 5) is 50.3. The summed E-state index contributed by atoms with van der Waals surface area (Å²) in [7, 11) is 0. The number of benzene rings is 2. The number of H-pyrrole nitrogens is 1. The Kier molecular flexibility index (Phi) is 5.87. The van der Waals surface area contributed by atoms with Gasteiger partial charge in [0.05, 0.1) is 10.9 Å². The lowest BCUT2D eigenvalue weighted by Gasteiger charge is -2.17. The molecule has 3 heterocycles. The Balaban J connectivity index is 1.39. The van der Waals surface area contributed by atoms with Gasteiger partial charge in [-0.1, -0.05) is 12.1 Å². The normalized spacial score (nSPS) is 12.9. The van der Waals surface area contributed by atoms with Crippen LogP contribution in [0.1, 0.15) is 39.7 Å². The number of nitrogen functional groups attached to an aromatic ring is 1. The van der Waals surface area contributed by atoms with Crippen LogP contribution >= 0.6 is 0 Å². The number of primary amides is 1. The number of anilines is 2. The lowest BCUT2D eigenvalue weighted by atomic mass is 9.99. The van der Waals surface area contributed by atoms with Gasteiger partial charge in [-0.05, 0) is 48.7 Å². The molecule has 6 N–H and O–H groups in total. The molecule has 40 heavy (non-hydrogen) atoms. The minimum Gasteiger partial charge on any atom is -0.383 e. The van der Waals surface area contributed by atoms with Crippen LogP contribution in [0.25, 0.3) is 33.3 Å². The van der Waals surface area contributed by atoms with Gasteiger partial charge in [0.1, 0.15) is 40.7 Å². The first-order chi connectivity index (χ1) is 19.2. The van der Waals surface area contributed by atoms with Crippen molar-refractivity contribution in [2.75, 3.05) is 11.1 Å². The summed E-state index contributed by atoms with van der Waals surface area (Å²) >= 11 is 0. The highest BCUT2D eigenvalue weighted by molar-refractivity contribution is 6.07. The molecule has 6 rings (SSSR count). The molecule has 5 aromatic rings. The van der Waals surface area contributed by atoms with E-state index in [0.29, 0.717) is 16.6 Å². The summed E-state index contributed by atoms with van der Waals surface area (Å²) in [5.41, 5.74) is 11.8. The number of aromatic amines is 1. The molecule has 1 aliphatic rings. The number of pyridine rings is 1. The number of carbonyl (C=O) groups is 2. The molecule has 10 nitrogen and oxygen atoms in total. The maximum absolute atomic E-state index is 15.2. The average molecular weight is 542 g/mol. The summed E-state index contributed by atoms with van der Waals surface area (Å²) in [6, 6.07) is 8.90. The minimum atomic E-state index is -0.851. The maximum Gasteiger partial charge on any atom is 0.266 e. The van der Waals surface area contributed by atoms with E-state index in [-0.39, 0.29) is 45.5 Å². The van der Waals surface area contributed by atoms with Crippen LogP contribution in [0, 0.1) is 11.6 Å². The summed E-state index contributed by atoms with van der Waals surface area (Å²) in [6.45, 7) is 0. The predicted molar refractivity (Wildman–Crippen MR) is 145 cm³/mol. The summed E-state index contributed by atoms with van der Waals surface area (Å²) in [6.07, 6.45) is 5.60. The van der Waals surface area contributed by atoms with Gasteiger partial charge in [0.15, 0.2) is 0 Å². The van der Waals surface area contributed by atoms with E-state index in [1.54, 1.807) is 6.20 Å². The first-order valence-corrected chi connectivity index (χ1v) is 12.3. The Bertz CT molecular complexity index is 1890. The summed E-state index contributed by atoms with van der Waals surface area (Å²) < 4.78 is 30.4. The van der Waals surface area contributed by atoms with Gasteiger partial charge in [0.25, 0.3) is 11.8 Å². The Hall–Kier alpha value is -5.39. The van der Waals surface area contributed by atoms with E-state index >= 15 is 4.39 Å². The van der Waals surface area contributed by atoms with Crippen LogP contribution in [0.2, 0.25) is 0 Å². The number of fused-ring (bicyclic) bond motifs is 1. The highest BCUT2D eigenvalue weighted by atomic mass is 19.1. The third-order valence-electron chi connectivity index (χ3n) is 6.80. The quantitative estimate of drug-likeness (QED) is 0.254. The molecule has 12 heteroatoms. The zero-order valence-electron chi connectivity index (χ0n) is 20.7. The summed E-state index contributed by atoms with van der Waals surface area (Å²) in [5, 5.41) is 3.02. The second-order valence-corrected chi connectivity index (χ2v) is 9.44. The lowest BCUT2D eigenvalue weighted by Crippen LogP contribution is -2.30. The van der Waals surface area contributed by atoms with Gasteiger partial charge in [-0.25, -0.2) is 18.7 Å². The molecule has 0 spiro atoms. The number of halogens is 2. The monoisotopic (exact) mass is 541 g/mol. The van der Waals surface area contributed by atoms with Gasteiger partial charge >= 0.3 is 0 Å². The standard InChI is InChI=1S/C28H21F2N7O3/c29-14-3-1-13(2-4-14)21-23(26(32)39)37(16-6-7-16)11-19(24(21)38)28(40)36-15-5-8-17(20(30)9-15)18-10-33-27-22(18)25(31)34-12-35-27/h1-5,8-12,16H,6-7H2,(H2,32,39)(H,36,40)(H3,31,33,34,35). The molecule has 0 bridgehead atoms. The Morgan fingerprint density at radius 2 is 1.80 bits per heavy atom. The molecule has 2 amide bonds. The van der Waals surface area contributed by atoms with E-state index < -0.39 is 28.9 Å². The van der Waals surface area contributed by atoms with Crippen molar-refractivity contribution >= 4 is 34.4 Å². The van der Waals surface area contributed by atoms with Crippen molar-refractivity contribution in [2.45, 2.75) is 18.9 Å². The van der Waals surface area contributed by atoms with Crippen LogP contribution in [0.15, 0.2) is 66.0 Å². The van der Waals surface area contributed by atoms with Crippen LogP contribution in [-0.2, 0) is 0 Å². The number of hydrogen-bond acceptors (Lipinski definition) is 6. The van der Waals surface area contributed by atoms with Crippen molar-refractivity contribution < 1.29 is 18.4 Å². The second kappa shape index (κ2) is 9.42. The van der Waals surface area contributed by atoms with Crippen molar-refractivity contribution in [3.8, 4) is 22.3 Å². The van der Waals surface area contributed by atoms with Gasteiger partial charge in [0.2, 0.25) is 5.43 Å². The molecule has 200 valence electrons. The third kappa shape index (κ3) is 4.25. The van der Waals surface area contributed by atoms with Crippen LogP contribution in [0.5, 0.6) is 0 Å². The zero-order chi connectivity index (χ0) is 28.1. The van der Waals surface area contributed by atoms with E-state index in [1.807, 2.05) is 0 Å². The van der Waals surface area contributed by atoms with Gasteiger partial charge < -0.3 is 26.3 Å². The second-order valence-electron chi connectivity index (χ2n) is 9.44. The summed E-state index contributed by atoms with van der Waals surface area (Å²) in [5.74, 6) is -2.67. The lowest BCUT2D eigenvalue weighted by molar-refractivity contribution is 0.0985. The largest absolute Gasteiger partial charge is 0.383 e. The van der Waals surface area contributed by atoms with E-state index in [0.717, 1.165) is 31.0 Å². The topological polar surface area (TPSA) is 162 Å². The van der Waals surface area contributed by atoms with Gasteiger partial charge in [-0.2, -0.15) is 0 Å². The van der Waals surface area contributed by atoms with E-state index in [9.17, 15) is 18.8 Å². The van der Waals surface area contributed by atoms with Crippen molar-refractivity contribution in [2.24, 2.45) is 5.73 Å². The zero-order valence-corrected chi connectivity index (χ0v) is 20.7. The Morgan fingerprint density at radius 3 is 2.48 bits per heavy atom. The highest BCUT2D eigenvalue weighted by Gasteiger charge is 2.32. The molecule has 0 saturated heterocycles. The fraction of sp³-hybridized carbons (Fsp3) is 0.107. The van der Waals surface area contributed by atoms with Crippen molar-refractivity contribution in [1.82, 2.24) is 19.5 Å². The number of nitrogens with one attached hydrogen (secondary N) is 2. The predicted octanol–water partition coefficient (Wildman–Crippen LogP) is 4.00. The number of nitrogens with zero attached hydrogens (tertiary/aromatic N) is 3. The molecule has 0 aliphatic heterocycles. The molecule has 1 fully saturated rings. The highest BCUT2D eigenvalue weighted by Crippen LogP contribution is 2.38. The molecule has 1 aliphatic carbocycles. The van der Waals surface area contributed by atoms with E-state index in [1.165, 1.54) is 41.4 Å². The van der Waals surface area contributed by atoms with E-state index in [2.05, 4.69) is 20.3 Å². The molecule has 0 radical (unpaired) electrons. The average Bonchev–Trinajstić information content (AvgIpc) is 3.68. The molecular weight excluding hydrogens is 520 g/mol. The first kappa shape index (κ1) is 24.9. The fourth-order valence-corrected chi connectivity index (χ4v) is 4.78. The van der Waals surface area contributed by atoms with Crippen molar-refractivity contribution in [1.29, 1.82) is 0 Å². The molecule has 1 saturated carbocycles. The SMILES string of the molecule is NC(=O)c1c(-c2ccc(F)cc2)c(=O)c(C(=O)Nc2ccc(-c3c[nH]c4ncnc(N)c34)c(F)c2)cn1C1CC1. The maximum atomic E-state index is 15.2. The molecular formula is C28H21F2N7O3. The van der Waals surface area contributed by atoms with Gasteiger partial charge in [-0.3, -0.25) is 14.4 Å². The number of nitrogens with two attached hydrogens (primary N) is 2. The molecule has 0 unspecified atom stereocenters. The molecule has 2 aromatic carbocycles. The number of rotatable bonds is 6. The van der Waals surface area contributed by atoms with Gasteiger partial charge in [0, 0.05) is 35.2 Å². The van der Waals surface area contributed by atoms with E-state index in [4.69, 9.17) is 11.5 Å². The Labute approximate surface area is 224 Å². The van der Waals surface area contributed by atoms with Crippen LogP contribution in [0.4, 0.5) is 20.3 Å². The van der Waals surface area contributed by atoms with Crippen LogP contribution in [0.3, 0.4) is 0 Å².